The molecule has 5 saturated heterocycles. The molecule has 10 rings (SSSR count). The van der Waals surface area contributed by atoms with Crippen molar-refractivity contribution in [1.29, 1.82) is 0 Å². The van der Waals surface area contributed by atoms with Crippen molar-refractivity contribution in [3.8, 4) is 0 Å². The van der Waals surface area contributed by atoms with Crippen LogP contribution < -0.4 is 0 Å². The first-order valence-electron chi connectivity index (χ1n) is 18.0. The van der Waals surface area contributed by atoms with E-state index in [9.17, 15) is 15.3 Å². The Hall–Kier alpha value is -0.580. The summed E-state index contributed by atoms with van der Waals surface area (Å²) in [5.74, 6) is 2.15. The Bertz CT molecular complexity index is 1230. The van der Waals surface area contributed by atoms with Crippen LogP contribution in [0.5, 0.6) is 0 Å². The minimum atomic E-state index is -1.26. The summed E-state index contributed by atoms with van der Waals surface area (Å²) in [5, 5.41) is 32.2. The first kappa shape index (κ1) is 31.7. The van der Waals surface area contributed by atoms with E-state index < -0.39 is 30.7 Å². The zero-order valence-electron chi connectivity index (χ0n) is 28.7. The van der Waals surface area contributed by atoms with Crippen LogP contribution in [0, 0.1) is 56.7 Å². The number of aliphatic hydroxyl groups is 3. The third-order valence-electron chi connectivity index (χ3n) is 16.1. The fraction of sp³-hybridized carbons (Fsp3) is 0.946. The summed E-state index contributed by atoms with van der Waals surface area (Å²) < 4.78 is 32.2. The van der Waals surface area contributed by atoms with Gasteiger partial charge in [0.2, 0.25) is 0 Å². The van der Waals surface area contributed by atoms with E-state index in [1.807, 2.05) is 0 Å². The second kappa shape index (κ2) is 9.99. The maximum atomic E-state index is 11.2. The molecule has 17 atom stereocenters. The maximum Gasteiger partial charge on any atom is 0.186 e. The van der Waals surface area contributed by atoms with Gasteiger partial charge < -0.3 is 39.0 Å². The molecule has 10 aliphatic rings. The number of aliphatic hydroxyl groups excluding tert-OH is 3. The van der Waals surface area contributed by atoms with Crippen LogP contribution in [0.4, 0.5) is 0 Å². The standard InChI is InChI=1S/C37H58O8/c1-18(2)20-15-22(42-31-28(40)27(39)29(41-8)23(17-38)43-31)30-34(20,5)13-14-35(6)26-19(9-11-36(30,35)7)37-12-10-25-33(3,4)24(37)16-21(26)44-32(37)45-25/h9,18,20-32,38-40H,10-17H2,1-8H3/t20?,21-,22?,23?,24?,25-,26?,27?,28?,29?,30?,31?,32?,34?,35?,36?,37-/m1/s1. The van der Waals surface area contributed by atoms with Gasteiger partial charge in [-0.05, 0) is 90.3 Å². The SMILES string of the molecule is COC1C(CO)OC(OC2CC(C(C)C)C3(C)CCC4(C)C5C(=CCC4(C)C23)[C@@]23CC[C@H]4OC2O[C@@H]5CC3C4(C)C)C(O)C1O. The summed E-state index contributed by atoms with van der Waals surface area (Å²) in [6, 6.07) is 0. The zero-order chi connectivity index (χ0) is 32.1. The molecule has 45 heavy (non-hydrogen) atoms. The van der Waals surface area contributed by atoms with Crippen molar-refractivity contribution >= 4 is 0 Å². The van der Waals surface area contributed by atoms with E-state index >= 15 is 0 Å². The highest BCUT2D eigenvalue weighted by Gasteiger charge is 2.77. The predicted molar refractivity (Wildman–Crippen MR) is 167 cm³/mol. The molecule has 0 aromatic heterocycles. The number of hydrogen-bond donors (Lipinski definition) is 3. The number of hydrogen-bond acceptors (Lipinski definition) is 8. The maximum absolute atomic E-state index is 11.2. The van der Waals surface area contributed by atoms with Gasteiger partial charge in [-0.25, -0.2) is 0 Å². The Labute approximate surface area is 269 Å². The smallest absolute Gasteiger partial charge is 0.186 e. The first-order valence-corrected chi connectivity index (χ1v) is 18.0. The van der Waals surface area contributed by atoms with Gasteiger partial charge in [-0.15, -0.1) is 0 Å². The van der Waals surface area contributed by atoms with E-state index in [1.165, 1.54) is 13.5 Å². The number of ether oxygens (including phenoxy) is 5. The van der Waals surface area contributed by atoms with Crippen LogP contribution in [-0.2, 0) is 23.7 Å². The molecule has 0 radical (unpaired) electrons. The summed E-state index contributed by atoms with van der Waals surface area (Å²) >= 11 is 0. The molecular formula is C37H58O8. The van der Waals surface area contributed by atoms with Gasteiger partial charge in [-0.2, -0.15) is 0 Å². The van der Waals surface area contributed by atoms with E-state index in [-0.39, 0.29) is 64.2 Å². The second-order valence-electron chi connectivity index (χ2n) is 18.1. The highest BCUT2D eigenvalue weighted by molar-refractivity contribution is 5.39. The van der Waals surface area contributed by atoms with Gasteiger partial charge in [0.05, 0.1) is 24.9 Å². The van der Waals surface area contributed by atoms with Crippen LogP contribution in [0.1, 0.15) is 93.4 Å². The average molecular weight is 631 g/mol. The third-order valence-corrected chi connectivity index (χ3v) is 16.1. The summed E-state index contributed by atoms with van der Waals surface area (Å²) in [5.41, 5.74) is 1.81. The molecule has 254 valence electrons. The van der Waals surface area contributed by atoms with Gasteiger partial charge >= 0.3 is 0 Å². The van der Waals surface area contributed by atoms with Crippen molar-refractivity contribution in [2.75, 3.05) is 13.7 Å². The molecule has 5 aliphatic carbocycles. The number of allylic oxidation sites excluding steroid dienone is 1. The molecule has 5 aliphatic heterocycles. The number of methoxy groups -OCH3 is 1. The highest BCUT2D eigenvalue weighted by atomic mass is 16.7. The van der Waals surface area contributed by atoms with Crippen molar-refractivity contribution in [3.63, 3.8) is 0 Å². The molecule has 5 heterocycles. The lowest BCUT2D eigenvalue weighted by molar-refractivity contribution is -0.405. The van der Waals surface area contributed by atoms with E-state index in [2.05, 4.69) is 54.5 Å². The molecule has 5 bridgehead atoms. The van der Waals surface area contributed by atoms with E-state index in [0.29, 0.717) is 23.7 Å². The molecule has 8 nitrogen and oxygen atoms in total. The van der Waals surface area contributed by atoms with Gasteiger partial charge in [0.1, 0.15) is 24.4 Å². The van der Waals surface area contributed by atoms with Gasteiger partial charge in [0, 0.05) is 18.4 Å². The molecule has 0 aromatic carbocycles. The van der Waals surface area contributed by atoms with E-state index in [4.69, 9.17) is 23.7 Å². The normalized spacial score (nSPS) is 59.0. The number of rotatable bonds is 5. The van der Waals surface area contributed by atoms with Crippen molar-refractivity contribution in [2.45, 2.75) is 149 Å². The lowest BCUT2D eigenvalue weighted by atomic mass is 9.33. The van der Waals surface area contributed by atoms with Gasteiger partial charge in [-0.3, -0.25) is 0 Å². The minimum absolute atomic E-state index is 0.0117. The molecular weight excluding hydrogens is 572 g/mol. The number of fused-ring (bicyclic) bond motifs is 4. The van der Waals surface area contributed by atoms with Crippen molar-refractivity contribution in [3.05, 3.63) is 11.6 Å². The van der Waals surface area contributed by atoms with Crippen LogP contribution >= 0.6 is 0 Å². The molecule has 4 saturated carbocycles. The lowest BCUT2D eigenvalue weighted by Crippen LogP contribution is -2.76. The Kier molecular flexibility index (Phi) is 7.03. The molecule has 0 aromatic rings. The monoisotopic (exact) mass is 630 g/mol. The van der Waals surface area contributed by atoms with Gasteiger partial charge in [0.15, 0.2) is 12.6 Å². The molecule has 9 fully saturated rings. The first-order chi connectivity index (χ1) is 21.2. The van der Waals surface area contributed by atoms with E-state index in [1.54, 1.807) is 5.57 Å². The van der Waals surface area contributed by atoms with Crippen LogP contribution in [0.3, 0.4) is 0 Å². The largest absolute Gasteiger partial charge is 0.394 e. The Balaban J connectivity index is 1.18. The summed E-state index contributed by atoms with van der Waals surface area (Å²) in [4.78, 5) is 0. The molecule has 14 unspecified atom stereocenters. The van der Waals surface area contributed by atoms with Crippen LogP contribution in [-0.4, -0.2) is 84.3 Å². The van der Waals surface area contributed by atoms with Gasteiger partial charge in [0.25, 0.3) is 0 Å². The Morgan fingerprint density at radius 2 is 1.71 bits per heavy atom. The zero-order valence-corrected chi connectivity index (χ0v) is 28.7. The molecule has 3 N–H and O–H groups in total. The molecule has 0 amide bonds. The third kappa shape index (κ3) is 3.72. The van der Waals surface area contributed by atoms with Crippen LogP contribution in [0.2, 0.25) is 0 Å². The molecule has 1 spiro atoms. The summed E-state index contributed by atoms with van der Waals surface area (Å²) in [7, 11) is 1.46. The predicted octanol–water partition coefficient (Wildman–Crippen LogP) is 4.83. The quantitative estimate of drug-likeness (QED) is 0.371. The van der Waals surface area contributed by atoms with E-state index in [0.717, 1.165) is 38.5 Å². The van der Waals surface area contributed by atoms with Crippen LogP contribution in [0.25, 0.3) is 0 Å². The summed E-state index contributed by atoms with van der Waals surface area (Å²) in [6.07, 6.45) is 5.38. The lowest BCUT2D eigenvalue weighted by Gasteiger charge is -2.76. The van der Waals surface area contributed by atoms with Crippen molar-refractivity contribution in [2.24, 2.45) is 56.7 Å². The van der Waals surface area contributed by atoms with Crippen molar-refractivity contribution < 1.29 is 39.0 Å². The fourth-order valence-electron chi connectivity index (χ4n) is 13.9. The fourth-order valence-corrected chi connectivity index (χ4v) is 13.9. The van der Waals surface area contributed by atoms with Crippen LogP contribution in [0.15, 0.2) is 11.6 Å². The van der Waals surface area contributed by atoms with Crippen molar-refractivity contribution in [1.82, 2.24) is 0 Å². The minimum Gasteiger partial charge on any atom is -0.394 e. The Morgan fingerprint density at radius 3 is 2.40 bits per heavy atom. The molecule has 8 heteroatoms. The van der Waals surface area contributed by atoms with Gasteiger partial charge in [-0.1, -0.05) is 60.1 Å². The summed E-state index contributed by atoms with van der Waals surface area (Å²) in [6.45, 7) is 16.9. The second-order valence-corrected chi connectivity index (χ2v) is 18.1. The average Bonchev–Trinajstić information content (AvgIpc) is 3.31. The highest BCUT2D eigenvalue weighted by Crippen LogP contribution is 2.79. The topological polar surface area (TPSA) is 107 Å². The Morgan fingerprint density at radius 1 is 0.956 bits per heavy atom.